The molecule has 2 rings (SSSR count). The molecule has 1 fully saturated rings. The first-order valence-corrected chi connectivity index (χ1v) is 6.53. The number of alkyl halides is 3. The highest BCUT2D eigenvalue weighted by atomic mass is 35.5. The number of rotatable bonds is 2. The van der Waals surface area contributed by atoms with Crippen molar-refractivity contribution >= 4 is 23.5 Å². The van der Waals surface area contributed by atoms with Crippen molar-refractivity contribution in [1.29, 1.82) is 0 Å². The highest BCUT2D eigenvalue weighted by Crippen LogP contribution is 2.38. The lowest BCUT2D eigenvalue weighted by Crippen LogP contribution is -2.34. The molecular formula is C13H10ClF4NO3. The zero-order valence-electron chi connectivity index (χ0n) is 10.9. The Bertz CT molecular complexity index is 620. The third-order valence-corrected chi connectivity index (χ3v) is 3.82. The Hall–Kier alpha value is -1.83. The van der Waals surface area contributed by atoms with Crippen LogP contribution in [0.4, 0.5) is 17.6 Å². The van der Waals surface area contributed by atoms with E-state index in [1.807, 2.05) is 0 Å². The third-order valence-electron chi connectivity index (χ3n) is 3.53. The topological polar surface area (TPSA) is 57.6 Å². The Morgan fingerprint density at radius 1 is 1.27 bits per heavy atom. The van der Waals surface area contributed by atoms with Gasteiger partial charge in [0.05, 0.1) is 22.4 Å². The summed E-state index contributed by atoms with van der Waals surface area (Å²) in [5.74, 6) is -7.67. The number of halogens is 5. The van der Waals surface area contributed by atoms with Gasteiger partial charge < -0.3 is 10.0 Å². The lowest BCUT2D eigenvalue weighted by atomic mass is 9.96. The summed E-state index contributed by atoms with van der Waals surface area (Å²) in [6.45, 7) is -1.46. The molecule has 0 spiro atoms. The van der Waals surface area contributed by atoms with E-state index in [9.17, 15) is 27.2 Å². The van der Waals surface area contributed by atoms with Gasteiger partial charge in [0, 0.05) is 13.1 Å². The molecule has 0 radical (unpaired) electrons. The van der Waals surface area contributed by atoms with Crippen LogP contribution in [0.25, 0.3) is 0 Å². The van der Waals surface area contributed by atoms with E-state index in [1.165, 1.54) is 12.1 Å². The van der Waals surface area contributed by atoms with E-state index in [0.717, 1.165) is 6.07 Å². The Morgan fingerprint density at radius 2 is 1.91 bits per heavy atom. The van der Waals surface area contributed by atoms with Crippen LogP contribution in [0.1, 0.15) is 10.4 Å². The number of hydrogen-bond donors (Lipinski definition) is 1. The Balaban J connectivity index is 2.29. The first-order valence-electron chi connectivity index (χ1n) is 6.15. The first kappa shape index (κ1) is 16.5. The molecule has 0 bridgehead atoms. The van der Waals surface area contributed by atoms with Gasteiger partial charge in [0.1, 0.15) is 0 Å². The van der Waals surface area contributed by atoms with Gasteiger partial charge in [-0.2, -0.15) is 13.2 Å². The number of carboxylic acids is 1. The fourth-order valence-electron chi connectivity index (χ4n) is 2.39. The third kappa shape index (κ3) is 3.01. The second-order valence-electron chi connectivity index (χ2n) is 4.90. The minimum absolute atomic E-state index is 0.341. The van der Waals surface area contributed by atoms with Crippen molar-refractivity contribution < 1.29 is 32.3 Å². The van der Waals surface area contributed by atoms with Gasteiger partial charge in [-0.1, -0.05) is 17.7 Å². The standard InChI is InChI=1S/C13H10ClF4NO3/c14-9-3-1-2-6(10(9)15)11(20)19-4-7(12(21)22)8(5-19)13(16,17)18/h1-3,7-8H,4-5H2,(H,21,22)/t7-,8-/m1/s1. The maximum atomic E-state index is 13.8. The number of aliphatic carboxylic acids is 1. The van der Waals surface area contributed by atoms with E-state index < -0.39 is 54.4 Å². The molecule has 1 heterocycles. The van der Waals surface area contributed by atoms with Gasteiger partial charge in [0.25, 0.3) is 5.91 Å². The summed E-state index contributed by atoms with van der Waals surface area (Å²) in [4.78, 5) is 23.8. The Kier molecular flexibility index (Phi) is 4.32. The van der Waals surface area contributed by atoms with Gasteiger partial charge >= 0.3 is 12.1 Å². The molecule has 120 valence electrons. The van der Waals surface area contributed by atoms with Crippen molar-refractivity contribution in [2.24, 2.45) is 11.8 Å². The second kappa shape index (κ2) is 5.75. The summed E-state index contributed by atoms with van der Waals surface area (Å²) in [5.41, 5.74) is -0.487. The smallest absolute Gasteiger partial charge is 0.394 e. The van der Waals surface area contributed by atoms with E-state index in [4.69, 9.17) is 16.7 Å². The summed E-state index contributed by atoms with van der Waals surface area (Å²) < 4.78 is 52.3. The van der Waals surface area contributed by atoms with Gasteiger partial charge in [-0.05, 0) is 12.1 Å². The van der Waals surface area contributed by atoms with Crippen LogP contribution in [0.3, 0.4) is 0 Å². The van der Waals surface area contributed by atoms with Gasteiger partial charge in [-0.3, -0.25) is 9.59 Å². The zero-order chi connectivity index (χ0) is 16.7. The van der Waals surface area contributed by atoms with Crippen LogP contribution in [0, 0.1) is 17.7 Å². The van der Waals surface area contributed by atoms with E-state index in [2.05, 4.69) is 0 Å². The van der Waals surface area contributed by atoms with Crippen molar-refractivity contribution in [3.8, 4) is 0 Å². The number of carbonyl (C=O) groups is 2. The lowest BCUT2D eigenvalue weighted by molar-refractivity contribution is -0.187. The van der Waals surface area contributed by atoms with Gasteiger partial charge in [-0.15, -0.1) is 0 Å². The van der Waals surface area contributed by atoms with Gasteiger partial charge in [0.2, 0.25) is 0 Å². The normalized spacial score (nSPS) is 22.0. The summed E-state index contributed by atoms with van der Waals surface area (Å²) >= 11 is 5.53. The second-order valence-corrected chi connectivity index (χ2v) is 5.31. The number of carboxylic acid groups (broad SMARTS) is 1. The highest BCUT2D eigenvalue weighted by Gasteiger charge is 2.53. The monoisotopic (exact) mass is 339 g/mol. The van der Waals surface area contributed by atoms with Gasteiger partial charge in [-0.25, -0.2) is 4.39 Å². The molecule has 22 heavy (non-hydrogen) atoms. The van der Waals surface area contributed by atoms with Crippen LogP contribution in [0.15, 0.2) is 18.2 Å². The molecule has 1 aromatic rings. The molecule has 0 aliphatic carbocycles. The zero-order valence-corrected chi connectivity index (χ0v) is 11.7. The molecule has 1 saturated heterocycles. The molecule has 1 amide bonds. The van der Waals surface area contributed by atoms with Crippen LogP contribution in [0.5, 0.6) is 0 Å². The molecular weight excluding hydrogens is 330 g/mol. The number of carbonyl (C=O) groups excluding carboxylic acids is 1. The lowest BCUT2D eigenvalue weighted by Gasteiger charge is -2.18. The number of hydrogen-bond acceptors (Lipinski definition) is 2. The highest BCUT2D eigenvalue weighted by molar-refractivity contribution is 6.31. The van der Waals surface area contributed by atoms with Crippen molar-refractivity contribution in [3.63, 3.8) is 0 Å². The molecule has 1 N–H and O–H groups in total. The average molecular weight is 340 g/mol. The molecule has 0 saturated carbocycles. The summed E-state index contributed by atoms with van der Waals surface area (Å²) in [6.07, 6.45) is -4.76. The minimum Gasteiger partial charge on any atom is -0.481 e. The molecule has 1 aliphatic heterocycles. The van der Waals surface area contributed by atoms with E-state index in [0.29, 0.717) is 4.90 Å². The van der Waals surface area contributed by atoms with Crippen LogP contribution in [0.2, 0.25) is 5.02 Å². The predicted octanol–water partition coefficient (Wildman–Crippen LogP) is 2.81. The number of benzene rings is 1. The molecule has 1 aliphatic rings. The fraction of sp³-hybridized carbons (Fsp3) is 0.385. The van der Waals surface area contributed by atoms with Crippen LogP contribution < -0.4 is 0 Å². The van der Waals surface area contributed by atoms with Gasteiger partial charge in [0.15, 0.2) is 5.82 Å². The van der Waals surface area contributed by atoms with Crippen LogP contribution in [-0.2, 0) is 4.79 Å². The number of amides is 1. The van der Waals surface area contributed by atoms with Crippen LogP contribution >= 0.6 is 11.6 Å². The average Bonchev–Trinajstić information content (AvgIpc) is 2.86. The Labute approximate surface area is 127 Å². The Morgan fingerprint density at radius 3 is 2.41 bits per heavy atom. The van der Waals surface area contributed by atoms with Crippen molar-refractivity contribution in [1.82, 2.24) is 4.90 Å². The molecule has 0 unspecified atom stereocenters. The van der Waals surface area contributed by atoms with Crippen molar-refractivity contribution in [2.75, 3.05) is 13.1 Å². The quantitative estimate of drug-likeness (QED) is 0.843. The predicted molar refractivity (Wildman–Crippen MR) is 68.0 cm³/mol. The SMILES string of the molecule is O=C(O)[C@@H]1CN(C(=O)c2cccc(Cl)c2F)C[C@H]1C(F)(F)F. The molecule has 1 aromatic carbocycles. The fourth-order valence-corrected chi connectivity index (χ4v) is 2.57. The molecule has 0 aromatic heterocycles. The maximum Gasteiger partial charge on any atom is 0.394 e. The summed E-state index contributed by atoms with van der Waals surface area (Å²) in [6, 6.07) is 3.56. The summed E-state index contributed by atoms with van der Waals surface area (Å²) in [5, 5.41) is 8.54. The van der Waals surface area contributed by atoms with E-state index >= 15 is 0 Å². The molecule has 4 nitrogen and oxygen atoms in total. The summed E-state index contributed by atoms with van der Waals surface area (Å²) in [7, 11) is 0. The van der Waals surface area contributed by atoms with Crippen LogP contribution in [-0.4, -0.2) is 41.1 Å². The van der Waals surface area contributed by atoms with Crippen molar-refractivity contribution in [3.05, 3.63) is 34.6 Å². The van der Waals surface area contributed by atoms with E-state index in [1.54, 1.807) is 0 Å². The van der Waals surface area contributed by atoms with Crippen molar-refractivity contribution in [2.45, 2.75) is 6.18 Å². The largest absolute Gasteiger partial charge is 0.481 e. The maximum absolute atomic E-state index is 13.8. The molecule has 9 heteroatoms. The first-order chi connectivity index (χ1) is 10.1. The number of likely N-dealkylation sites (tertiary alicyclic amines) is 1. The minimum atomic E-state index is -4.76. The van der Waals surface area contributed by atoms with E-state index in [-0.39, 0.29) is 5.02 Å². The number of nitrogens with zero attached hydrogens (tertiary/aromatic N) is 1. The molecule has 2 atom stereocenters.